The Morgan fingerprint density at radius 1 is 1.33 bits per heavy atom. The van der Waals surface area contributed by atoms with Crippen molar-refractivity contribution in [1.82, 2.24) is 0 Å². The Balaban J connectivity index is 0. The normalized spacial score (nSPS) is 10.7. The van der Waals surface area contributed by atoms with Crippen molar-refractivity contribution in [2.24, 2.45) is 0 Å². The summed E-state index contributed by atoms with van der Waals surface area (Å²) in [6.07, 6.45) is 2.29. The van der Waals surface area contributed by atoms with Gasteiger partial charge in [0.05, 0.1) is 0 Å². The van der Waals surface area contributed by atoms with Crippen LogP contribution in [0.25, 0.3) is 0 Å². The van der Waals surface area contributed by atoms with E-state index in [1.807, 2.05) is 13.1 Å². The average molecular weight is 154 g/mol. The molecule has 0 aliphatic rings. The second kappa shape index (κ2) is 5.92. The van der Waals surface area contributed by atoms with Crippen molar-refractivity contribution < 1.29 is 34.4 Å². The topological polar surface area (TPSA) is 23.1 Å². The number of rotatable bonds is 3. The predicted molar refractivity (Wildman–Crippen MR) is 37.2 cm³/mol. The fourth-order valence-electron chi connectivity index (χ4n) is 0.602. The van der Waals surface area contributed by atoms with E-state index in [2.05, 4.69) is 6.92 Å². The van der Waals surface area contributed by atoms with Gasteiger partial charge in [-0.25, -0.2) is 0 Å². The molecule has 0 unspecified atom stereocenters. The van der Waals surface area contributed by atoms with Crippen LogP contribution in [0.15, 0.2) is 0 Å². The number of hydrogen-bond donors (Lipinski definition) is 0. The first-order valence-corrected chi connectivity index (χ1v) is 6.38. The molecule has 0 aromatic heterocycles. The van der Waals surface area contributed by atoms with Gasteiger partial charge in [-0.2, -0.15) is 0 Å². The standard InChI is InChI=1S/C6H15OSi.Na/c1-4-5-6-8(2,3)7;/h4-6H2,1-3H3;/q-1;+1. The van der Waals surface area contributed by atoms with Crippen LogP contribution in [0.1, 0.15) is 19.8 Å². The summed E-state index contributed by atoms with van der Waals surface area (Å²) in [5, 5.41) is 0. The maximum Gasteiger partial charge on any atom is 1.00 e. The summed E-state index contributed by atoms with van der Waals surface area (Å²) in [4.78, 5) is 11.0. The van der Waals surface area contributed by atoms with E-state index in [0.717, 1.165) is 12.5 Å². The Bertz CT molecular complexity index is 60.6. The molecule has 0 N–H and O–H groups in total. The molecule has 0 atom stereocenters. The molecule has 9 heavy (non-hydrogen) atoms. The third kappa shape index (κ3) is 12.4. The molecule has 3 heteroatoms. The summed E-state index contributed by atoms with van der Waals surface area (Å²) in [6, 6.07) is 0.948. The van der Waals surface area contributed by atoms with Crippen molar-refractivity contribution in [3.05, 3.63) is 0 Å². The molecule has 0 aromatic rings. The molecule has 0 bridgehead atoms. The summed E-state index contributed by atoms with van der Waals surface area (Å²) >= 11 is 0. The summed E-state index contributed by atoms with van der Waals surface area (Å²) in [5.74, 6) is 0. The Hall–Kier alpha value is 1.18. The minimum absolute atomic E-state index is 0. The molecule has 0 saturated carbocycles. The zero-order chi connectivity index (χ0) is 6.62. The van der Waals surface area contributed by atoms with E-state index in [1.54, 1.807) is 0 Å². The van der Waals surface area contributed by atoms with Gasteiger partial charge in [0.1, 0.15) is 0 Å². The monoisotopic (exact) mass is 154 g/mol. The van der Waals surface area contributed by atoms with Gasteiger partial charge in [-0.05, 0) is 0 Å². The molecule has 0 rings (SSSR count). The van der Waals surface area contributed by atoms with Crippen molar-refractivity contribution in [1.29, 1.82) is 0 Å². The van der Waals surface area contributed by atoms with Crippen LogP contribution in [0.2, 0.25) is 19.1 Å². The molecular formula is C6H15NaOSi. The van der Waals surface area contributed by atoms with Gasteiger partial charge in [0.15, 0.2) is 0 Å². The first kappa shape index (κ1) is 12.8. The van der Waals surface area contributed by atoms with Crippen molar-refractivity contribution in [3.63, 3.8) is 0 Å². The summed E-state index contributed by atoms with van der Waals surface area (Å²) in [5.41, 5.74) is 0. The third-order valence-electron chi connectivity index (χ3n) is 1.13. The first-order chi connectivity index (χ1) is 3.56. The van der Waals surface area contributed by atoms with Crippen molar-refractivity contribution >= 4 is 8.32 Å². The van der Waals surface area contributed by atoms with Gasteiger partial charge in [0.2, 0.25) is 0 Å². The SMILES string of the molecule is CCCC[Si](C)(C)[O-].[Na+]. The van der Waals surface area contributed by atoms with Gasteiger partial charge in [-0.3, -0.25) is 0 Å². The van der Waals surface area contributed by atoms with Gasteiger partial charge in [-0.1, -0.05) is 47.2 Å². The molecule has 50 valence electrons. The van der Waals surface area contributed by atoms with E-state index >= 15 is 0 Å². The van der Waals surface area contributed by atoms with Gasteiger partial charge in [0, 0.05) is 0 Å². The Morgan fingerprint density at radius 3 is 1.89 bits per heavy atom. The van der Waals surface area contributed by atoms with Crippen molar-refractivity contribution in [3.8, 4) is 0 Å². The molecule has 0 heterocycles. The van der Waals surface area contributed by atoms with E-state index in [9.17, 15) is 4.80 Å². The minimum atomic E-state index is -1.93. The molecule has 0 spiro atoms. The smallest absolute Gasteiger partial charge is 0.859 e. The van der Waals surface area contributed by atoms with E-state index < -0.39 is 8.32 Å². The quantitative estimate of drug-likeness (QED) is 0.447. The molecule has 0 saturated heterocycles. The predicted octanol–water partition coefficient (Wildman–Crippen LogP) is -1.64. The van der Waals surface area contributed by atoms with E-state index in [4.69, 9.17) is 0 Å². The van der Waals surface area contributed by atoms with Gasteiger partial charge >= 0.3 is 29.6 Å². The molecular weight excluding hydrogens is 139 g/mol. The van der Waals surface area contributed by atoms with E-state index in [1.165, 1.54) is 6.42 Å². The maximum atomic E-state index is 11.0. The zero-order valence-electron chi connectivity index (χ0n) is 7.03. The van der Waals surface area contributed by atoms with Gasteiger partial charge in [0.25, 0.3) is 0 Å². The molecule has 1 nitrogen and oxygen atoms in total. The van der Waals surface area contributed by atoms with Crippen molar-refractivity contribution in [2.45, 2.75) is 38.9 Å². The van der Waals surface area contributed by atoms with Crippen LogP contribution in [-0.4, -0.2) is 8.32 Å². The van der Waals surface area contributed by atoms with Gasteiger partial charge < -0.3 is 4.80 Å². The van der Waals surface area contributed by atoms with Crippen molar-refractivity contribution in [2.75, 3.05) is 0 Å². The molecule has 0 aromatic carbocycles. The Morgan fingerprint density at radius 2 is 1.78 bits per heavy atom. The summed E-state index contributed by atoms with van der Waals surface area (Å²) in [7, 11) is -1.93. The second-order valence-electron chi connectivity index (χ2n) is 2.86. The molecule has 0 radical (unpaired) electrons. The van der Waals surface area contributed by atoms with Crippen LogP contribution in [0.5, 0.6) is 0 Å². The number of unbranched alkanes of at least 4 members (excludes halogenated alkanes) is 1. The fourth-order valence-corrected chi connectivity index (χ4v) is 1.81. The third-order valence-corrected chi connectivity index (χ3v) is 2.69. The summed E-state index contributed by atoms with van der Waals surface area (Å²) in [6.45, 7) is 5.88. The molecule has 0 amide bonds. The number of hydrogen-bond acceptors (Lipinski definition) is 1. The van der Waals surface area contributed by atoms with E-state index in [-0.39, 0.29) is 29.6 Å². The molecule has 0 fully saturated rings. The average Bonchev–Trinajstić information content (AvgIpc) is 1.59. The maximum absolute atomic E-state index is 11.0. The Kier molecular flexibility index (Phi) is 8.44. The van der Waals surface area contributed by atoms with Crippen LogP contribution < -0.4 is 34.4 Å². The molecule has 0 aliphatic heterocycles. The largest absolute Gasteiger partial charge is 1.00 e. The Labute approximate surface area is 81.3 Å². The summed E-state index contributed by atoms with van der Waals surface area (Å²) < 4.78 is 0. The first-order valence-electron chi connectivity index (χ1n) is 3.26. The minimum Gasteiger partial charge on any atom is -0.859 e. The van der Waals surface area contributed by atoms with Crippen LogP contribution >= 0.6 is 0 Å². The van der Waals surface area contributed by atoms with Gasteiger partial charge in [-0.15, -0.1) is 0 Å². The van der Waals surface area contributed by atoms with E-state index in [0.29, 0.717) is 0 Å². The van der Waals surface area contributed by atoms with Crippen LogP contribution in [-0.2, 0) is 0 Å². The van der Waals surface area contributed by atoms with Crippen LogP contribution in [0.3, 0.4) is 0 Å². The fraction of sp³-hybridized carbons (Fsp3) is 1.00. The second-order valence-corrected chi connectivity index (χ2v) is 6.88. The molecule has 0 aliphatic carbocycles. The zero-order valence-corrected chi connectivity index (χ0v) is 10.0. The van der Waals surface area contributed by atoms with Crippen LogP contribution in [0, 0.1) is 0 Å². The van der Waals surface area contributed by atoms with Crippen LogP contribution in [0.4, 0.5) is 0 Å².